The highest BCUT2D eigenvalue weighted by Crippen LogP contribution is 2.24. The second kappa shape index (κ2) is 10.4. The summed E-state index contributed by atoms with van der Waals surface area (Å²) in [5, 5.41) is 2.33. The number of amides is 1. The Bertz CT molecular complexity index is 865. The van der Waals surface area contributed by atoms with E-state index in [1.165, 1.54) is 14.2 Å². The number of rotatable bonds is 6. The number of hydrogen-bond acceptors (Lipinski definition) is 5. The van der Waals surface area contributed by atoms with Gasteiger partial charge in [-0.3, -0.25) is 9.79 Å². The van der Waals surface area contributed by atoms with Gasteiger partial charge in [0, 0.05) is 18.8 Å². The Morgan fingerprint density at radius 3 is 2.45 bits per heavy atom. The van der Waals surface area contributed by atoms with Crippen molar-refractivity contribution in [2.45, 2.75) is 26.9 Å². The Hall–Kier alpha value is -3.10. The third kappa shape index (κ3) is 7.10. The molecule has 0 saturated carbocycles. The van der Waals surface area contributed by atoms with Crippen molar-refractivity contribution < 1.29 is 22.7 Å². The van der Waals surface area contributed by atoms with Crippen LogP contribution in [0.3, 0.4) is 0 Å². The molecular formula is C20H25F3N4O2. The molecular weight excluding hydrogens is 385 g/mol. The first-order valence-corrected chi connectivity index (χ1v) is 8.64. The first kappa shape index (κ1) is 23.9. The van der Waals surface area contributed by atoms with Crippen LogP contribution < -0.4 is 11.1 Å². The van der Waals surface area contributed by atoms with E-state index in [4.69, 9.17) is 10.5 Å². The van der Waals surface area contributed by atoms with Gasteiger partial charge in [0.25, 0.3) is 5.91 Å². The topological polar surface area (TPSA) is 89.1 Å². The van der Waals surface area contributed by atoms with Crippen molar-refractivity contribution in [1.82, 2.24) is 5.32 Å². The molecule has 0 fully saturated rings. The average Bonchev–Trinajstić information content (AvgIpc) is 2.64. The number of carbonyl (C=O) groups excluding carboxylic acids is 1. The zero-order valence-electron chi connectivity index (χ0n) is 17.0. The minimum atomic E-state index is -4.85. The zero-order chi connectivity index (χ0) is 22.2. The van der Waals surface area contributed by atoms with Gasteiger partial charge in [-0.15, -0.1) is 0 Å². The smallest absolute Gasteiger partial charge is 0.431 e. The largest absolute Gasteiger partial charge is 0.483 e. The second-order valence-electron chi connectivity index (χ2n) is 6.32. The number of nitrogens with zero attached hydrogens (tertiary/aromatic N) is 2. The van der Waals surface area contributed by atoms with E-state index in [9.17, 15) is 18.0 Å². The van der Waals surface area contributed by atoms with Crippen molar-refractivity contribution in [2.24, 2.45) is 15.7 Å². The summed E-state index contributed by atoms with van der Waals surface area (Å²) in [6, 6.07) is 7.66. The van der Waals surface area contributed by atoms with Crippen LogP contribution in [0.4, 0.5) is 13.2 Å². The monoisotopic (exact) mass is 410 g/mol. The van der Waals surface area contributed by atoms with E-state index < -0.39 is 23.4 Å². The number of halogens is 3. The Morgan fingerprint density at radius 1 is 1.31 bits per heavy atom. The van der Waals surface area contributed by atoms with Crippen molar-refractivity contribution in [1.29, 1.82) is 0 Å². The molecule has 6 nitrogen and oxygen atoms in total. The molecule has 0 heterocycles. The SMILES string of the molecule is CN=CC(C(=O)NCC(=NC(=C(C)C)c1cccc(C)c1)OC)=C(N)C(F)(F)F. The average molecular weight is 410 g/mol. The summed E-state index contributed by atoms with van der Waals surface area (Å²) < 4.78 is 43.7. The van der Waals surface area contributed by atoms with Crippen molar-refractivity contribution >= 4 is 23.7 Å². The fourth-order valence-electron chi connectivity index (χ4n) is 2.32. The lowest BCUT2D eigenvalue weighted by molar-refractivity contribution is -0.118. The molecule has 1 aromatic carbocycles. The minimum Gasteiger partial charge on any atom is -0.483 e. The summed E-state index contributed by atoms with van der Waals surface area (Å²) in [5.41, 5.74) is 6.19. The molecule has 29 heavy (non-hydrogen) atoms. The molecule has 0 aromatic heterocycles. The van der Waals surface area contributed by atoms with E-state index in [0.29, 0.717) is 5.70 Å². The summed E-state index contributed by atoms with van der Waals surface area (Å²) in [5.74, 6) is -0.918. The third-order valence-corrected chi connectivity index (χ3v) is 3.74. The van der Waals surface area contributed by atoms with Crippen LogP contribution in [-0.2, 0) is 9.53 Å². The van der Waals surface area contributed by atoms with Crippen LogP contribution in [-0.4, -0.2) is 44.9 Å². The van der Waals surface area contributed by atoms with E-state index in [0.717, 1.165) is 22.9 Å². The van der Waals surface area contributed by atoms with Crippen molar-refractivity contribution in [2.75, 3.05) is 20.7 Å². The van der Waals surface area contributed by atoms with Gasteiger partial charge in [-0.25, -0.2) is 4.99 Å². The molecule has 0 unspecified atom stereocenters. The van der Waals surface area contributed by atoms with Crippen LogP contribution >= 0.6 is 0 Å². The number of methoxy groups -OCH3 is 1. The quantitative estimate of drug-likeness (QED) is 0.428. The molecule has 0 bridgehead atoms. The van der Waals surface area contributed by atoms with E-state index in [-0.39, 0.29) is 12.4 Å². The van der Waals surface area contributed by atoms with Crippen LogP contribution in [0.5, 0.6) is 0 Å². The lowest BCUT2D eigenvalue weighted by Gasteiger charge is -2.13. The molecule has 158 valence electrons. The standard InChI is InChI=1S/C20H25F3N4O2/c1-12(2)17(14-8-6-7-13(3)9-14)27-16(29-5)11-26-19(28)15(10-25-4)18(24)20(21,22)23/h6-10H,11,24H2,1-5H3,(H,26,28). The van der Waals surface area contributed by atoms with Crippen molar-refractivity contribution in [3.8, 4) is 0 Å². The highest BCUT2D eigenvalue weighted by atomic mass is 19.4. The summed E-state index contributed by atoms with van der Waals surface area (Å²) in [6.07, 6.45) is -4.09. The summed E-state index contributed by atoms with van der Waals surface area (Å²) >= 11 is 0. The molecule has 0 aliphatic rings. The van der Waals surface area contributed by atoms with Gasteiger partial charge in [0.05, 0.1) is 24.9 Å². The molecule has 3 N–H and O–H groups in total. The van der Waals surface area contributed by atoms with Crippen LogP contribution in [0.1, 0.15) is 25.0 Å². The Morgan fingerprint density at radius 2 is 1.97 bits per heavy atom. The molecule has 0 atom stereocenters. The van der Waals surface area contributed by atoms with Crippen LogP contribution in [0.15, 0.2) is 51.1 Å². The number of carbonyl (C=O) groups is 1. The van der Waals surface area contributed by atoms with Crippen LogP contribution in [0, 0.1) is 6.92 Å². The Labute approximate surface area is 168 Å². The molecule has 1 aromatic rings. The summed E-state index contributed by atoms with van der Waals surface area (Å²) in [6.45, 7) is 5.46. The molecule has 9 heteroatoms. The third-order valence-electron chi connectivity index (χ3n) is 3.74. The number of aliphatic imine (C=N–C) groups is 2. The molecule has 1 amide bonds. The van der Waals surface area contributed by atoms with Crippen LogP contribution in [0.25, 0.3) is 5.70 Å². The lowest BCUT2D eigenvalue weighted by atomic mass is 10.1. The second-order valence-corrected chi connectivity index (χ2v) is 6.32. The van der Waals surface area contributed by atoms with Gasteiger partial charge in [0.2, 0.25) is 5.90 Å². The molecule has 0 radical (unpaired) electrons. The molecule has 0 aliphatic heterocycles. The molecule has 0 aliphatic carbocycles. The van der Waals surface area contributed by atoms with Gasteiger partial charge in [-0.2, -0.15) is 13.2 Å². The number of nitrogens with one attached hydrogen (secondary N) is 1. The Balaban J connectivity index is 3.14. The maximum Gasteiger partial charge on any atom is 0.431 e. The Kier molecular flexibility index (Phi) is 8.62. The van der Waals surface area contributed by atoms with Gasteiger partial charge in [-0.1, -0.05) is 23.8 Å². The summed E-state index contributed by atoms with van der Waals surface area (Å²) in [7, 11) is 2.60. The number of ether oxygens (including phenoxy) is 1. The van der Waals surface area contributed by atoms with Gasteiger partial charge in [-0.05, 0) is 32.4 Å². The number of aryl methyl sites for hydroxylation is 1. The van der Waals surface area contributed by atoms with Crippen molar-refractivity contribution in [3.05, 3.63) is 52.2 Å². The minimum absolute atomic E-state index is 0.120. The van der Waals surface area contributed by atoms with Crippen molar-refractivity contribution in [3.63, 3.8) is 0 Å². The maximum atomic E-state index is 12.9. The fourth-order valence-corrected chi connectivity index (χ4v) is 2.32. The van der Waals surface area contributed by atoms with Gasteiger partial charge in [0.1, 0.15) is 5.70 Å². The highest BCUT2D eigenvalue weighted by Gasteiger charge is 2.35. The zero-order valence-corrected chi connectivity index (χ0v) is 17.0. The number of nitrogens with two attached hydrogens (primary N) is 1. The highest BCUT2D eigenvalue weighted by molar-refractivity contribution is 6.13. The van der Waals surface area contributed by atoms with Gasteiger partial charge >= 0.3 is 6.18 Å². The van der Waals surface area contributed by atoms with E-state index in [2.05, 4.69) is 15.3 Å². The van der Waals surface area contributed by atoms with Gasteiger partial charge < -0.3 is 15.8 Å². The first-order valence-electron chi connectivity index (χ1n) is 8.64. The number of alkyl halides is 3. The number of benzene rings is 1. The molecule has 1 rings (SSSR count). The van der Waals surface area contributed by atoms with Gasteiger partial charge in [0.15, 0.2) is 0 Å². The number of hydrogen-bond donors (Lipinski definition) is 2. The lowest BCUT2D eigenvalue weighted by Crippen LogP contribution is -2.35. The summed E-state index contributed by atoms with van der Waals surface area (Å²) in [4.78, 5) is 20.1. The van der Waals surface area contributed by atoms with E-state index in [1.807, 2.05) is 45.0 Å². The van der Waals surface area contributed by atoms with Crippen LogP contribution in [0.2, 0.25) is 0 Å². The van der Waals surface area contributed by atoms with E-state index in [1.54, 1.807) is 0 Å². The number of allylic oxidation sites excluding steroid dienone is 2. The predicted molar refractivity (Wildman–Crippen MR) is 109 cm³/mol. The fraction of sp³-hybridized carbons (Fsp3) is 0.350. The first-order chi connectivity index (χ1) is 13.5. The molecule has 0 saturated heterocycles. The predicted octanol–water partition coefficient (Wildman–Crippen LogP) is 3.38. The normalized spacial score (nSPS) is 13.2. The molecule has 0 spiro atoms. The maximum absolute atomic E-state index is 12.9. The van der Waals surface area contributed by atoms with E-state index >= 15 is 0 Å².